The van der Waals surface area contributed by atoms with Crippen LogP contribution >= 0.6 is 0 Å². The molecule has 3 heterocycles. The summed E-state index contributed by atoms with van der Waals surface area (Å²) in [4.78, 5) is 37.6. The molecule has 1 aliphatic rings. The lowest BCUT2D eigenvalue weighted by Crippen LogP contribution is -2.43. The molecular weight excluding hydrogens is 490 g/mol. The lowest BCUT2D eigenvalue weighted by Gasteiger charge is -2.28. The highest BCUT2D eigenvalue weighted by Crippen LogP contribution is 2.29. The first-order valence-electron chi connectivity index (χ1n) is 11.8. The second kappa shape index (κ2) is 10.8. The summed E-state index contributed by atoms with van der Waals surface area (Å²) in [6, 6.07) is 17.4. The number of nitro benzene ring substituents is 2. The Morgan fingerprint density at radius 1 is 0.895 bits per heavy atom. The first kappa shape index (κ1) is 24.5. The molecule has 0 saturated carbocycles. The summed E-state index contributed by atoms with van der Waals surface area (Å²) in [5.74, 6) is 1.07. The molecular formula is C25H23N9O4. The lowest BCUT2D eigenvalue weighted by atomic mass is 10.2. The molecule has 0 amide bonds. The number of hydrazine groups is 1. The van der Waals surface area contributed by atoms with Crippen LogP contribution in [0.5, 0.6) is 0 Å². The lowest BCUT2D eigenvalue weighted by molar-refractivity contribution is -0.385. The van der Waals surface area contributed by atoms with E-state index in [9.17, 15) is 20.2 Å². The number of rotatable bonds is 8. The zero-order valence-corrected chi connectivity index (χ0v) is 20.1. The van der Waals surface area contributed by atoms with Gasteiger partial charge in [-0.2, -0.15) is 0 Å². The number of hydrogen-bond donors (Lipinski definition) is 2. The van der Waals surface area contributed by atoms with Crippen molar-refractivity contribution in [3.05, 3.63) is 99.4 Å². The maximum atomic E-state index is 11.4. The Morgan fingerprint density at radius 3 is 2.34 bits per heavy atom. The van der Waals surface area contributed by atoms with Gasteiger partial charge in [0.25, 0.3) is 11.4 Å². The van der Waals surface area contributed by atoms with Gasteiger partial charge in [0.15, 0.2) is 0 Å². The van der Waals surface area contributed by atoms with E-state index in [1.165, 1.54) is 41.4 Å². The largest absolute Gasteiger partial charge is 0.354 e. The van der Waals surface area contributed by atoms with E-state index in [0.717, 1.165) is 37.6 Å². The number of nitro groups is 2. The number of pyridine rings is 1. The Hall–Kier alpha value is -5.17. The summed E-state index contributed by atoms with van der Waals surface area (Å²) >= 11 is 0. The van der Waals surface area contributed by atoms with Crippen LogP contribution in [0.15, 0.2) is 79.1 Å². The number of piperazine rings is 1. The zero-order valence-electron chi connectivity index (χ0n) is 20.1. The monoisotopic (exact) mass is 513 g/mol. The van der Waals surface area contributed by atoms with E-state index < -0.39 is 9.85 Å². The Labute approximate surface area is 217 Å². The summed E-state index contributed by atoms with van der Waals surface area (Å²) in [7, 11) is 0. The molecule has 2 N–H and O–H groups in total. The highest BCUT2D eigenvalue weighted by Gasteiger charge is 2.19. The average molecular weight is 514 g/mol. The fourth-order valence-electron chi connectivity index (χ4n) is 4.03. The SMILES string of the molecule is O=[N+]([O-])c1cccc(NN(c2cccc([N+](=O)[O-])c2)c2nccc(-c3ccc(N4CCNCC4)nc3)n2)c1. The zero-order chi connectivity index (χ0) is 26.5. The fraction of sp³-hybridized carbons (Fsp3) is 0.160. The van der Waals surface area contributed by atoms with E-state index in [0.29, 0.717) is 17.1 Å². The van der Waals surface area contributed by atoms with Gasteiger partial charge in [0.05, 0.1) is 26.9 Å². The summed E-state index contributed by atoms with van der Waals surface area (Å²) < 4.78 is 0. The maximum absolute atomic E-state index is 11.4. The van der Waals surface area contributed by atoms with Crippen LogP contribution in [0.4, 0.5) is 34.5 Å². The second-order valence-electron chi connectivity index (χ2n) is 8.42. The molecule has 0 bridgehead atoms. The molecule has 38 heavy (non-hydrogen) atoms. The third-order valence-electron chi connectivity index (χ3n) is 5.92. The van der Waals surface area contributed by atoms with Gasteiger partial charge in [-0.3, -0.25) is 25.7 Å². The molecule has 192 valence electrons. The molecule has 0 spiro atoms. The van der Waals surface area contributed by atoms with Crippen molar-refractivity contribution in [2.75, 3.05) is 41.5 Å². The third kappa shape index (κ3) is 5.47. The van der Waals surface area contributed by atoms with Crippen molar-refractivity contribution in [2.45, 2.75) is 0 Å². The van der Waals surface area contributed by atoms with E-state index >= 15 is 0 Å². The summed E-state index contributed by atoms with van der Waals surface area (Å²) in [5, 5.41) is 27.5. The van der Waals surface area contributed by atoms with Gasteiger partial charge in [-0.05, 0) is 30.3 Å². The van der Waals surface area contributed by atoms with Crippen LogP contribution in [0.25, 0.3) is 11.3 Å². The molecule has 4 aromatic rings. The Morgan fingerprint density at radius 2 is 1.63 bits per heavy atom. The van der Waals surface area contributed by atoms with Crippen molar-refractivity contribution in [3.63, 3.8) is 0 Å². The number of nitrogens with zero attached hydrogens (tertiary/aromatic N) is 7. The Balaban J connectivity index is 1.50. The van der Waals surface area contributed by atoms with Gasteiger partial charge in [-0.15, -0.1) is 0 Å². The molecule has 2 aromatic heterocycles. The van der Waals surface area contributed by atoms with Crippen LogP contribution in [0, 0.1) is 20.2 Å². The van der Waals surface area contributed by atoms with Crippen LogP contribution in [-0.2, 0) is 0 Å². The number of benzene rings is 2. The molecule has 1 aliphatic heterocycles. The highest BCUT2D eigenvalue weighted by molar-refractivity contribution is 5.69. The summed E-state index contributed by atoms with van der Waals surface area (Å²) in [5.41, 5.74) is 4.92. The van der Waals surface area contributed by atoms with Gasteiger partial charge in [-0.25, -0.2) is 20.0 Å². The minimum atomic E-state index is -0.503. The predicted molar refractivity (Wildman–Crippen MR) is 142 cm³/mol. The van der Waals surface area contributed by atoms with Crippen LogP contribution in [-0.4, -0.2) is 51.0 Å². The van der Waals surface area contributed by atoms with Gasteiger partial charge in [0.1, 0.15) is 5.82 Å². The topological polar surface area (TPSA) is 155 Å². The quantitative estimate of drug-likeness (QED) is 0.260. The van der Waals surface area contributed by atoms with Gasteiger partial charge < -0.3 is 10.2 Å². The average Bonchev–Trinajstić information content (AvgIpc) is 2.97. The molecule has 5 rings (SSSR count). The number of non-ortho nitro benzene ring substituents is 2. The highest BCUT2D eigenvalue weighted by atomic mass is 16.6. The van der Waals surface area contributed by atoms with Crippen molar-refractivity contribution < 1.29 is 9.85 Å². The third-order valence-corrected chi connectivity index (χ3v) is 5.92. The van der Waals surface area contributed by atoms with Crippen molar-refractivity contribution in [3.8, 4) is 11.3 Å². The number of hydrogen-bond acceptors (Lipinski definition) is 11. The second-order valence-corrected chi connectivity index (χ2v) is 8.42. The molecule has 0 aliphatic carbocycles. The molecule has 0 radical (unpaired) electrons. The summed E-state index contributed by atoms with van der Waals surface area (Å²) in [6.45, 7) is 3.57. The Kier molecular flexibility index (Phi) is 6.99. The molecule has 1 saturated heterocycles. The molecule has 13 nitrogen and oxygen atoms in total. The van der Waals surface area contributed by atoms with Crippen LogP contribution in [0.3, 0.4) is 0 Å². The fourth-order valence-corrected chi connectivity index (χ4v) is 4.03. The van der Waals surface area contributed by atoms with E-state index in [4.69, 9.17) is 0 Å². The van der Waals surface area contributed by atoms with Gasteiger partial charge in [0, 0.05) is 68.4 Å². The maximum Gasteiger partial charge on any atom is 0.271 e. The molecule has 2 aromatic carbocycles. The predicted octanol–water partition coefficient (Wildman–Crippen LogP) is 3.93. The van der Waals surface area contributed by atoms with Gasteiger partial charge in [0.2, 0.25) is 5.95 Å². The summed E-state index contributed by atoms with van der Waals surface area (Å²) in [6.07, 6.45) is 3.32. The van der Waals surface area contributed by atoms with Gasteiger partial charge in [-0.1, -0.05) is 12.1 Å². The van der Waals surface area contributed by atoms with Crippen molar-refractivity contribution >= 4 is 34.5 Å². The molecule has 1 fully saturated rings. The van der Waals surface area contributed by atoms with E-state index in [1.807, 2.05) is 12.1 Å². The molecule has 0 atom stereocenters. The van der Waals surface area contributed by atoms with Crippen molar-refractivity contribution in [2.24, 2.45) is 0 Å². The van der Waals surface area contributed by atoms with Crippen LogP contribution in [0.2, 0.25) is 0 Å². The Bertz CT molecular complexity index is 1460. The van der Waals surface area contributed by atoms with Crippen molar-refractivity contribution in [1.29, 1.82) is 0 Å². The smallest absolute Gasteiger partial charge is 0.271 e. The number of anilines is 4. The normalized spacial score (nSPS) is 13.1. The van der Waals surface area contributed by atoms with Crippen LogP contribution in [0.1, 0.15) is 0 Å². The molecule has 0 unspecified atom stereocenters. The van der Waals surface area contributed by atoms with E-state index in [2.05, 4.69) is 30.6 Å². The minimum Gasteiger partial charge on any atom is -0.354 e. The van der Waals surface area contributed by atoms with E-state index in [-0.39, 0.29) is 17.3 Å². The standard InChI is InChI=1S/C25H23N9O4/c35-33(36)21-5-1-3-19(15-21)30-32(20-4-2-6-22(16-20)34(37)38)25-27-10-9-23(29-25)18-7-8-24(28-17-18)31-13-11-26-12-14-31/h1-10,15-17,26,30H,11-14H2. The van der Waals surface area contributed by atoms with Gasteiger partial charge >= 0.3 is 0 Å². The first-order chi connectivity index (χ1) is 18.5. The van der Waals surface area contributed by atoms with E-state index in [1.54, 1.807) is 30.6 Å². The number of aromatic nitrogens is 3. The minimum absolute atomic E-state index is 0.112. The van der Waals surface area contributed by atoms with Crippen molar-refractivity contribution in [1.82, 2.24) is 20.3 Å². The number of nitrogens with one attached hydrogen (secondary N) is 2. The first-order valence-corrected chi connectivity index (χ1v) is 11.8. The molecule has 13 heteroatoms. The van der Waals surface area contributed by atoms with Crippen LogP contribution < -0.4 is 20.7 Å².